The molecule has 1 N–H and O–H groups in total. The molecular weight excluding hydrogens is 218 g/mol. The molecule has 0 aliphatic carbocycles. The molecule has 0 radical (unpaired) electrons. The average Bonchev–Trinajstić information content (AvgIpc) is 2.27. The van der Waals surface area contributed by atoms with Crippen LogP contribution in [-0.2, 0) is 9.53 Å². The van der Waals surface area contributed by atoms with Gasteiger partial charge in [-0.15, -0.1) is 0 Å². The van der Waals surface area contributed by atoms with Crippen molar-refractivity contribution < 1.29 is 23.4 Å². The van der Waals surface area contributed by atoms with Crippen LogP contribution in [0.25, 0.3) is 0 Å². The Labute approximate surface area is 91.7 Å². The third-order valence-corrected chi connectivity index (χ3v) is 2.27. The van der Waals surface area contributed by atoms with Crippen LogP contribution < -0.4 is 0 Å². The lowest BCUT2D eigenvalue weighted by Gasteiger charge is -2.13. The molecule has 0 saturated heterocycles. The van der Waals surface area contributed by atoms with Crippen LogP contribution in [0, 0.1) is 6.92 Å². The van der Waals surface area contributed by atoms with Gasteiger partial charge in [-0.25, -0.2) is 13.6 Å². The average molecular weight is 230 g/mol. The van der Waals surface area contributed by atoms with E-state index in [4.69, 9.17) is 0 Å². The second kappa shape index (κ2) is 5.03. The Balaban J connectivity index is 3.11. The quantitative estimate of drug-likeness (QED) is 0.809. The Morgan fingerprint density at radius 1 is 1.44 bits per heavy atom. The highest BCUT2D eigenvalue weighted by molar-refractivity contribution is 5.76. The summed E-state index contributed by atoms with van der Waals surface area (Å²) in [6, 6.07) is 3.80. The highest BCUT2D eigenvalue weighted by atomic mass is 19.3. The van der Waals surface area contributed by atoms with Crippen molar-refractivity contribution in [1.82, 2.24) is 0 Å². The predicted octanol–water partition coefficient (Wildman–Crippen LogP) is 2.14. The van der Waals surface area contributed by atoms with Crippen molar-refractivity contribution in [3.63, 3.8) is 0 Å². The fraction of sp³-hybridized carbons (Fsp3) is 0.364. The summed E-state index contributed by atoms with van der Waals surface area (Å²) in [4.78, 5) is 11.1. The van der Waals surface area contributed by atoms with E-state index in [0.29, 0.717) is 5.56 Å². The minimum atomic E-state index is -2.64. The zero-order chi connectivity index (χ0) is 12.3. The van der Waals surface area contributed by atoms with Gasteiger partial charge in [0.2, 0.25) is 0 Å². The van der Waals surface area contributed by atoms with Gasteiger partial charge in [0.1, 0.15) is 0 Å². The number of benzene rings is 1. The first-order chi connectivity index (χ1) is 7.47. The Morgan fingerprint density at radius 3 is 2.56 bits per heavy atom. The summed E-state index contributed by atoms with van der Waals surface area (Å²) < 4.78 is 29.2. The highest BCUT2D eigenvalue weighted by Gasteiger charge is 2.21. The van der Waals surface area contributed by atoms with Crippen molar-refractivity contribution in [3.8, 4) is 0 Å². The summed E-state index contributed by atoms with van der Waals surface area (Å²) in [6.45, 7) is 1.62. The molecule has 1 rings (SSSR count). The van der Waals surface area contributed by atoms with E-state index in [2.05, 4.69) is 4.74 Å². The first kappa shape index (κ1) is 12.6. The number of carbonyl (C=O) groups is 1. The van der Waals surface area contributed by atoms with E-state index in [1.54, 1.807) is 6.92 Å². The Morgan fingerprint density at radius 2 is 2.06 bits per heavy atom. The number of aliphatic hydroxyl groups is 1. The molecule has 0 amide bonds. The van der Waals surface area contributed by atoms with Crippen LogP contribution in [0.2, 0.25) is 0 Å². The van der Waals surface area contributed by atoms with Gasteiger partial charge >= 0.3 is 5.97 Å². The molecule has 1 aromatic carbocycles. The number of hydrogen-bond donors (Lipinski definition) is 1. The third kappa shape index (κ3) is 2.55. The summed E-state index contributed by atoms with van der Waals surface area (Å²) in [5.41, 5.74) is 0.468. The summed E-state index contributed by atoms with van der Waals surface area (Å²) in [5, 5.41) is 9.56. The van der Waals surface area contributed by atoms with Crippen LogP contribution in [0.1, 0.15) is 29.2 Å². The van der Waals surface area contributed by atoms with Gasteiger partial charge in [-0.1, -0.05) is 12.1 Å². The minimum Gasteiger partial charge on any atom is -0.467 e. The monoisotopic (exact) mass is 230 g/mol. The molecule has 0 heterocycles. The van der Waals surface area contributed by atoms with E-state index in [9.17, 15) is 18.7 Å². The number of aryl methyl sites for hydroxylation is 1. The van der Waals surface area contributed by atoms with Crippen LogP contribution >= 0.6 is 0 Å². The summed E-state index contributed by atoms with van der Waals surface area (Å²) in [5.74, 6) is -0.866. The molecule has 3 nitrogen and oxygen atoms in total. The predicted molar refractivity (Wildman–Crippen MR) is 53.1 cm³/mol. The topological polar surface area (TPSA) is 46.5 Å². The summed E-state index contributed by atoms with van der Waals surface area (Å²) in [6.07, 6.45) is -4.16. The number of esters is 1. The maximum absolute atomic E-state index is 12.4. The number of carbonyl (C=O) groups excluding carboxylic acids is 1. The van der Waals surface area contributed by atoms with Crippen molar-refractivity contribution in [2.45, 2.75) is 19.5 Å². The number of halogens is 2. The third-order valence-electron chi connectivity index (χ3n) is 2.27. The smallest absolute Gasteiger partial charge is 0.339 e. The molecule has 88 valence electrons. The Bertz CT molecular complexity index is 391. The summed E-state index contributed by atoms with van der Waals surface area (Å²) >= 11 is 0. The Kier molecular flexibility index (Phi) is 3.95. The largest absolute Gasteiger partial charge is 0.467 e. The molecule has 0 fully saturated rings. The van der Waals surface area contributed by atoms with Gasteiger partial charge in [-0.05, 0) is 24.1 Å². The number of hydrogen-bond acceptors (Lipinski definition) is 3. The molecule has 16 heavy (non-hydrogen) atoms. The first-order valence-electron chi connectivity index (χ1n) is 4.62. The molecule has 5 heteroatoms. The van der Waals surface area contributed by atoms with Crippen LogP contribution in [0.5, 0.6) is 0 Å². The van der Waals surface area contributed by atoms with Gasteiger partial charge in [-0.3, -0.25) is 0 Å². The van der Waals surface area contributed by atoms with Crippen LogP contribution in [0.15, 0.2) is 18.2 Å². The maximum Gasteiger partial charge on any atom is 0.339 e. The lowest BCUT2D eigenvalue weighted by atomic mass is 10.0. The maximum atomic E-state index is 12.4. The molecule has 1 atom stereocenters. The number of ether oxygens (including phenoxy) is 1. The van der Waals surface area contributed by atoms with E-state index in [-0.39, 0.29) is 11.1 Å². The zero-order valence-electron chi connectivity index (χ0n) is 8.91. The zero-order valence-corrected chi connectivity index (χ0v) is 8.91. The number of alkyl halides is 2. The molecular formula is C11H12F2O3. The van der Waals surface area contributed by atoms with Gasteiger partial charge in [-0.2, -0.15) is 0 Å². The van der Waals surface area contributed by atoms with Gasteiger partial charge in [0, 0.05) is 5.56 Å². The molecule has 0 aromatic heterocycles. The normalized spacial score (nSPS) is 12.6. The van der Waals surface area contributed by atoms with Gasteiger partial charge in [0.05, 0.1) is 7.11 Å². The molecule has 0 aliphatic rings. The van der Waals surface area contributed by atoms with E-state index >= 15 is 0 Å². The summed E-state index contributed by atoms with van der Waals surface area (Å²) in [7, 11) is 1.12. The molecule has 0 spiro atoms. The molecule has 1 aromatic rings. The Hall–Kier alpha value is -1.49. The first-order valence-corrected chi connectivity index (χ1v) is 4.62. The molecule has 0 bridgehead atoms. The molecule has 0 saturated carbocycles. The standard InChI is InChI=1S/C11H12F2O3/c1-6-3-4-7(10(12)13)5-8(6)9(14)11(15)16-2/h3-5,9-10,14H,1-2H3. The van der Waals surface area contributed by atoms with Crippen LogP contribution in [0.3, 0.4) is 0 Å². The number of aliphatic hydroxyl groups excluding tert-OH is 1. The van der Waals surface area contributed by atoms with E-state index in [1.807, 2.05) is 0 Å². The van der Waals surface area contributed by atoms with Crippen molar-refractivity contribution >= 4 is 5.97 Å². The fourth-order valence-corrected chi connectivity index (χ4v) is 1.33. The van der Waals surface area contributed by atoms with Gasteiger partial charge in [0.25, 0.3) is 6.43 Å². The highest BCUT2D eigenvalue weighted by Crippen LogP contribution is 2.25. The van der Waals surface area contributed by atoms with E-state index in [1.165, 1.54) is 12.1 Å². The van der Waals surface area contributed by atoms with Crippen molar-refractivity contribution in [3.05, 3.63) is 34.9 Å². The van der Waals surface area contributed by atoms with E-state index in [0.717, 1.165) is 13.2 Å². The lowest BCUT2D eigenvalue weighted by molar-refractivity contribution is -0.150. The fourth-order valence-electron chi connectivity index (χ4n) is 1.33. The number of methoxy groups -OCH3 is 1. The molecule has 1 unspecified atom stereocenters. The van der Waals surface area contributed by atoms with Gasteiger partial charge < -0.3 is 9.84 Å². The second-order valence-electron chi connectivity index (χ2n) is 3.34. The van der Waals surface area contributed by atoms with E-state index < -0.39 is 18.5 Å². The van der Waals surface area contributed by atoms with Crippen molar-refractivity contribution in [2.75, 3.05) is 7.11 Å². The number of rotatable bonds is 3. The van der Waals surface area contributed by atoms with Crippen molar-refractivity contribution in [2.24, 2.45) is 0 Å². The van der Waals surface area contributed by atoms with Crippen molar-refractivity contribution in [1.29, 1.82) is 0 Å². The van der Waals surface area contributed by atoms with Gasteiger partial charge in [0.15, 0.2) is 6.10 Å². The van der Waals surface area contributed by atoms with Crippen LogP contribution in [0.4, 0.5) is 8.78 Å². The minimum absolute atomic E-state index is 0.143. The lowest BCUT2D eigenvalue weighted by Crippen LogP contribution is -2.14. The second-order valence-corrected chi connectivity index (χ2v) is 3.34. The molecule has 0 aliphatic heterocycles. The SMILES string of the molecule is COC(=O)C(O)c1cc(C(F)F)ccc1C. The van der Waals surface area contributed by atoms with Crippen LogP contribution in [-0.4, -0.2) is 18.2 Å².